The maximum atomic E-state index is 5.49. The first-order chi connectivity index (χ1) is 8.63. The Morgan fingerprint density at radius 3 is 2.06 bits per heavy atom. The van der Waals surface area contributed by atoms with Crippen LogP contribution in [0.5, 0.6) is 5.75 Å². The lowest BCUT2D eigenvalue weighted by Gasteiger charge is -2.43. The Bertz CT molecular complexity index is 396. The number of rotatable bonds is 3. The van der Waals surface area contributed by atoms with Gasteiger partial charge in [0.05, 0.1) is 7.11 Å². The summed E-state index contributed by atoms with van der Waals surface area (Å²) in [5.41, 5.74) is 2.61. The van der Waals surface area contributed by atoms with Crippen LogP contribution in [0.15, 0.2) is 17.0 Å². The third-order valence-corrected chi connectivity index (χ3v) is 8.74. The minimum absolute atomic E-state index is 0.540. The molecule has 0 spiro atoms. The van der Waals surface area contributed by atoms with Crippen molar-refractivity contribution in [3.05, 3.63) is 23.3 Å². The maximum absolute atomic E-state index is 5.49. The van der Waals surface area contributed by atoms with Crippen LogP contribution in [0.3, 0.4) is 0 Å². The van der Waals surface area contributed by atoms with Gasteiger partial charge in [0.15, 0.2) is 0 Å². The molecule has 2 heteroatoms. The van der Waals surface area contributed by atoms with Crippen LogP contribution in [0, 0.1) is 13.8 Å². The zero-order valence-electron chi connectivity index (χ0n) is 12.2. The Balaban J connectivity index is 2.43. The lowest BCUT2D eigenvalue weighted by atomic mass is 10.1. The lowest BCUT2D eigenvalue weighted by molar-refractivity contribution is 0.408. The highest BCUT2D eigenvalue weighted by molar-refractivity contribution is 8.33. The van der Waals surface area contributed by atoms with E-state index in [1.807, 2.05) is 0 Å². The quantitative estimate of drug-likeness (QED) is 0.772. The van der Waals surface area contributed by atoms with Crippen molar-refractivity contribution in [3.8, 4) is 5.75 Å². The van der Waals surface area contributed by atoms with E-state index in [-0.39, 0.29) is 0 Å². The summed E-state index contributed by atoms with van der Waals surface area (Å²) in [6, 6.07) is 4.80. The van der Waals surface area contributed by atoms with E-state index in [1.165, 1.54) is 47.6 Å². The Morgan fingerprint density at radius 2 is 1.61 bits per heavy atom. The molecule has 0 saturated carbocycles. The fourth-order valence-corrected chi connectivity index (χ4v) is 7.16. The summed E-state index contributed by atoms with van der Waals surface area (Å²) < 4.78 is 5.49. The molecule has 1 aliphatic heterocycles. The van der Waals surface area contributed by atoms with Crippen molar-refractivity contribution in [1.29, 1.82) is 0 Å². The van der Waals surface area contributed by atoms with Crippen LogP contribution >= 0.6 is 10.0 Å². The van der Waals surface area contributed by atoms with Crippen LogP contribution < -0.4 is 4.74 Å². The number of hydrogen-bond acceptors (Lipinski definition) is 1. The van der Waals surface area contributed by atoms with E-state index in [0.29, 0.717) is 0 Å². The maximum Gasteiger partial charge on any atom is 0.124 e. The van der Waals surface area contributed by atoms with Crippen LogP contribution in [-0.2, 0) is 0 Å². The Hall–Kier alpha value is -0.630. The zero-order valence-corrected chi connectivity index (χ0v) is 13.0. The minimum Gasteiger partial charge on any atom is -0.496 e. The molecule has 1 fully saturated rings. The SMILES string of the molecule is CCS1(c2cc(C)c(OC)c(C)c2)CCCCC1. The molecule has 1 saturated heterocycles. The third-order valence-electron chi connectivity index (χ3n) is 4.26. The molecule has 1 aromatic carbocycles. The molecule has 0 bridgehead atoms. The van der Waals surface area contributed by atoms with Gasteiger partial charge in [-0.2, -0.15) is 0 Å². The van der Waals surface area contributed by atoms with Crippen molar-refractivity contribution in [3.63, 3.8) is 0 Å². The van der Waals surface area contributed by atoms with Crippen molar-refractivity contribution >= 4 is 10.0 Å². The van der Waals surface area contributed by atoms with Crippen molar-refractivity contribution in [2.24, 2.45) is 0 Å². The molecule has 0 atom stereocenters. The topological polar surface area (TPSA) is 9.23 Å². The number of methoxy groups -OCH3 is 1. The molecule has 1 aliphatic rings. The molecule has 0 radical (unpaired) electrons. The standard InChI is InChI=1S/C16H26OS/c1-5-18(9-7-6-8-10-18)15-11-13(2)16(17-4)14(3)12-15/h11-12H,5-10H2,1-4H3. The molecule has 1 aromatic rings. The van der Waals surface area contributed by atoms with Gasteiger partial charge >= 0.3 is 0 Å². The van der Waals surface area contributed by atoms with Crippen LogP contribution in [0.25, 0.3) is 0 Å². The van der Waals surface area contributed by atoms with Gasteiger partial charge in [0, 0.05) is 0 Å². The summed E-state index contributed by atoms with van der Waals surface area (Å²) in [6.45, 7) is 6.75. The molecule has 1 nitrogen and oxygen atoms in total. The molecule has 0 aromatic heterocycles. The molecule has 102 valence electrons. The van der Waals surface area contributed by atoms with E-state index < -0.39 is 10.0 Å². The monoisotopic (exact) mass is 266 g/mol. The number of aryl methyl sites for hydroxylation is 2. The average molecular weight is 266 g/mol. The second kappa shape index (κ2) is 5.56. The molecule has 0 amide bonds. The number of ether oxygens (including phenoxy) is 1. The van der Waals surface area contributed by atoms with Crippen LogP contribution in [0.4, 0.5) is 0 Å². The highest BCUT2D eigenvalue weighted by atomic mass is 32.3. The van der Waals surface area contributed by atoms with E-state index in [9.17, 15) is 0 Å². The molecule has 18 heavy (non-hydrogen) atoms. The second-order valence-electron chi connectivity index (χ2n) is 5.39. The van der Waals surface area contributed by atoms with E-state index >= 15 is 0 Å². The van der Waals surface area contributed by atoms with Crippen molar-refractivity contribution < 1.29 is 4.74 Å². The highest BCUT2D eigenvalue weighted by Gasteiger charge is 2.27. The number of hydrogen-bond donors (Lipinski definition) is 0. The zero-order chi connectivity index (χ0) is 13.2. The average Bonchev–Trinajstić information content (AvgIpc) is 2.39. The lowest BCUT2D eigenvalue weighted by Crippen LogP contribution is -2.17. The van der Waals surface area contributed by atoms with Crippen molar-refractivity contribution in [2.45, 2.75) is 44.9 Å². The Labute approximate surface area is 113 Å². The summed E-state index contributed by atoms with van der Waals surface area (Å²) in [6.07, 6.45) is 4.28. The summed E-state index contributed by atoms with van der Waals surface area (Å²) in [7, 11) is 1.24. The smallest absolute Gasteiger partial charge is 0.124 e. The van der Waals surface area contributed by atoms with Gasteiger partial charge < -0.3 is 4.74 Å². The van der Waals surface area contributed by atoms with Gasteiger partial charge in [-0.3, -0.25) is 0 Å². The fraction of sp³-hybridized carbons (Fsp3) is 0.625. The van der Waals surface area contributed by atoms with E-state index in [2.05, 4.69) is 32.9 Å². The fourth-order valence-electron chi connectivity index (χ4n) is 3.21. The molecule has 1 heterocycles. The third kappa shape index (κ3) is 2.40. The largest absolute Gasteiger partial charge is 0.496 e. The summed E-state index contributed by atoms with van der Waals surface area (Å²) >= 11 is 0. The molecule has 0 aliphatic carbocycles. The molecule has 2 rings (SSSR count). The molecule has 0 N–H and O–H groups in total. The first-order valence-electron chi connectivity index (χ1n) is 7.04. The Kier molecular flexibility index (Phi) is 4.26. The van der Waals surface area contributed by atoms with Crippen molar-refractivity contribution in [2.75, 3.05) is 24.4 Å². The van der Waals surface area contributed by atoms with Gasteiger partial charge in [0.25, 0.3) is 0 Å². The van der Waals surface area contributed by atoms with Gasteiger partial charge in [-0.15, -0.1) is 0 Å². The normalized spacial score (nSPS) is 20.4. The first-order valence-corrected chi connectivity index (χ1v) is 9.18. The van der Waals surface area contributed by atoms with Crippen LogP contribution in [0.2, 0.25) is 0 Å². The second-order valence-corrected chi connectivity index (χ2v) is 9.35. The summed E-state index contributed by atoms with van der Waals surface area (Å²) in [5.74, 6) is 5.29. The van der Waals surface area contributed by atoms with Gasteiger partial charge in [-0.1, -0.05) is 13.3 Å². The summed E-state index contributed by atoms with van der Waals surface area (Å²) in [4.78, 5) is 1.63. The van der Waals surface area contributed by atoms with E-state index in [0.717, 1.165) is 5.75 Å². The Morgan fingerprint density at radius 1 is 1.06 bits per heavy atom. The predicted molar refractivity (Wildman–Crippen MR) is 82.5 cm³/mol. The highest BCUT2D eigenvalue weighted by Crippen LogP contribution is 2.59. The van der Waals surface area contributed by atoms with Gasteiger partial charge in [-0.25, -0.2) is 10.0 Å². The van der Waals surface area contributed by atoms with E-state index in [1.54, 1.807) is 12.0 Å². The molecule has 0 unspecified atom stereocenters. The van der Waals surface area contributed by atoms with Crippen LogP contribution in [-0.4, -0.2) is 24.4 Å². The molecular formula is C16H26OS. The van der Waals surface area contributed by atoms with Gasteiger partial charge in [0.2, 0.25) is 0 Å². The van der Waals surface area contributed by atoms with Crippen molar-refractivity contribution in [1.82, 2.24) is 0 Å². The first kappa shape index (κ1) is 13.8. The number of benzene rings is 1. The van der Waals surface area contributed by atoms with Gasteiger partial charge in [0.1, 0.15) is 5.75 Å². The van der Waals surface area contributed by atoms with Crippen LogP contribution in [0.1, 0.15) is 37.3 Å². The van der Waals surface area contributed by atoms with Gasteiger partial charge in [-0.05, 0) is 72.1 Å². The summed E-state index contributed by atoms with van der Waals surface area (Å²) in [5, 5.41) is 0. The minimum atomic E-state index is -0.540. The predicted octanol–water partition coefficient (Wildman–Crippen LogP) is 4.68. The van der Waals surface area contributed by atoms with E-state index in [4.69, 9.17) is 4.74 Å². The molecular weight excluding hydrogens is 240 g/mol.